The Morgan fingerprint density at radius 2 is 1.64 bits per heavy atom. The Bertz CT molecular complexity index is 2800. The number of ether oxygens (including phenoxy) is 5. The van der Waals surface area contributed by atoms with Crippen molar-refractivity contribution >= 4 is 51.1 Å². The van der Waals surface area contributed by atoms with Crippen LogP contribution in [0.25, 0.3) is 33.3 Å². The number of fused-ring (bicyclic) bond motifs is 2. The standard InChI is InChI=1S/C52H65N3O14/c1-24-16-15-17-25(2)50(63)54-42-45(61)38-37(41-48(42)68-36-23-33(22-34(58)40(36)53-41)65-21-19-55(31(8)56)51(10,11)12)39-47(30(7)44(38)60)69-52(13,49(39)62)66-20-18-35(64-14)29(6)46(67-32(9)57)28(5)26(3)27(4)43(24)59/h15-18,20,22-24,26-29,35,43,46,58-60H,19,21H2,1-14H3,(H,54,63)/b16-15+,20-18+,25-17-/t24-,26+,27-,28+,29+,35-,43-,46-,52-/m0/s1. The van der Waals surface area contributed by atoms with Gasteiger partial charge in [-0.1, -0.05) is 52.8 Å². The Balaban J connectivity index is 1.57. The minimum Gasteiger partial charge on any atom is -0.507 e. The third-order valence-electron chi connectivity index (χ3n) is 13.8. The average molecular weight is 956 g/mol. The number of allylic oxidation sites excluding steroid dienone is 2. The molecule has 69 heavy (non-hydrogen) atoms. The molecule has 0 aromatic heterocycles. The van der Waals surface area contributed by atoms with E-state index in [0.29, 0.717) is 0 Å². The number of rotatable bonds is 6. The molecule has 4 bridgehead atoms. The van der Waals surface area contributed by atoms with Crippen LogP contribution < -0.4 is 20.2 Å². The van der Waals surface area contributed by atoms with Gasteiger partial charge in [-0.2, -0.15) is 0 Å². The van der Waals surface area contributed by atoms with Crippen molar-refractivity contribution in [1.29, 1.82) is 0 Å². The van der Waals surface area contributed by atoms with Crippen molar-refractivity contribution in [2.75, 3.05) is 25.6 Å². The number of amides is 2. The average Bonchev–Trinajstić information content (AvgIpc) is 3.54. The van der Waals surface area contributed by atoms with E-state index in [1.165, 1.54) is 66.2 Å². The lowest BCUT2D eigenvalue weighted by Gasteiger charge is -2.39. The lowest BCUT2D eigenvalue weighted by Crippen LogP contribution is -2.46. The van der Waals surface area contributed by atoms with E-state index in [2.05, 4.69) is 5.32 Å². The van der Waals surface area contributed by atoms with Crippen molar-refractivity contribution in [3.8, 4) is 34.5 Å². The van der Waals surface area contributed by atoms with Gasteiger partial charge in [-0.05, 0) is 58.4 Å². The summed E-state index contributed by atoms with van der Waals surface area (Å²) in [5.41, 5.74) is -2.24. The zero-order chi connectivity index (χ0) is 51.2. The highest BCUT2D eigenvalue weighted by atomic mass is 16.7. The third-order valence-corrected chi connectivity index (χ3v) is 13.8. The zero-order valence-corrected chi connectivity index (χ0v) is 41.8. The fourth-order valence-electron chi connectivity index (χ4n) is 9.38. The molecule has 1 aliphatic carbocycles. The minimum atomic E-state index is -2.08. The molecule has 0 unspecified atom stereocenters. The number of hydrogen-bond acceptors (Lipinski definition) is 15. The Labute approximate surface area is 401 Å². The van der Waals surface area contributed by atoms with Crippen LogP contribution in [0.1, 0.15) is 99.0 Å². The molecule has 0 fully saturated rings. The summed E-state index contributed by atoms with van der Waals surface area (Å²) in [5.74, 6) is -7.10. The monoisotopic (exact) mass is 955 g/mol. The van der Waals surface area contributed by atoms with Gasteiger partial charge >= 0.3 is 11.8 Å². The first-order valence-corrected chi connectivity index (χ1v) is 23.1. The topological polar surface area (TPSA) is 233 Å². The second-order valence-corrected chi connectivity index (χ2v) is 19.6. The Morgan fingerprint density at radius 1 is 0.957 bits per heavy atom. The number of benzene rings is 3. The van der Waals surface area contributed by atoms with Crippen LogP contribution in [0, 0.1) is 36.5 Å². The van der Waals surface area contributed by atoms with Gasteiger partial charge in [0.1, 0.15) is 52.6 Å². The fraction of sp³-hybridized carbons (Fsp3) is 0.500. The smallest absolute Gasteiger partial charge is 0.312 e. The molecule has 372 valence electrons. The highest BCUT2D eigenvalue weighted by molar-refractivity contribution is 6.22. The van der Waals surface area contributed by atoms with Gasteiger partial charge in [0.15, 0.2) is 11.3 Å². The SMILES string of the molecule is CO[C@H]1/C=C/O[C@@]2(C)Oc3c(C)c(O)c4c(=O)c(c5oc6cc(OCCN(C(C)=O)C(C)(C)C)cc(O)c6nc-5c4c3C2=O)NC(=O)/C(C)=C\C=C\[C@H](C)[C@H](O)[C@@H](C)[C@@H](C)[C@@H](C)[C@H](OC(C)=O)[C@@H]1C. The van der Waals surface area contributed by atoms with Crippen LogP contribution >= 0.6 is 0 Å². The second kappa shape index (κ2) is 19.9. The maximum Gasteiger partial charge on any atom is 0.312 e. The molecule has 3 aliphatic heterocycles. The number of phenolic OH excluding ortho intramolecular Hbond substituents is 2. The first kappa shape index (κ1) is 51.9. The lowest BCUT2D eigenvalue weighted by atomic mass is 9.73. The van der Waals surface area contributed by atoms with Gasteiger partial charge in [0, 0.05) is 73.9 Å². The van der Waals surface area contributed by atoms with E-state index in [9.17, 15) is 39.3 Å². The number of anilines is 1. The van der Waals surface area contributed by atoms with E-state index in [1.54, 1.807) is 23.1 Å². The minimum absolute atomic E-state index is 0.0149. The summed E-state index contributed by atoms with van der Waals surface area (Å²) in [6.45, 7) is 22.6. The van der Waals surface area contributed by atoms with Crippen LogP contribution in [0.2, 0.25) is 0 Å². The quantitative estimate of drug-likeness (QED) is 0.0816. The molecular weight excluding hydrogens is 891 g/mol. The van der Waals surface area contributed by atoms with Gasteiger partial charge in [0.25, 0.3) is 11.7 Å². The molecule has 17 heteroatoms. The number of carbonyl (C=O) groups is 4. The van der Waals surface area contributed by atoms with Crippen molar-refractivity contribution in [3.63, 3.8) is 0 Å². The number of Topliss-reactive ketones (excluding diaryl/α,β-unsaturated/α-hetero) is 1. The number of aliphatic hydroxyl groups excluding tert-OH is 1. The first-order valence-electron chi connectivity index (χ1n) is 23.1. The highest BCUT2D eigenvalue weighted by Crippen LogP contribution is 2.51. The van der Waals surface area contributed by atoms with Gasteiger partial charge in [0.05, 0.1) is 36.0 Å². The van der Waals surface area contributed by atoms with E-state index in [4.69, 9.17) is 33.1 Å². The van der Waals surface area contributed by atoms with E-state index >= 15 is 0 Å². The molecule has 4 aliphatic rings. The largest absolute Gasteiger partial charge is 0.507 e. The third kappa shape index (κ3) is 10.0. The van der Waals surface area contributed by atoms with Gasteiger partial charge in [-0.25, -0.2) is 4.98 Å². The number of carbonyl (C=O) groups excluding carboxylic acids is 4. The van der Waals surface area contributed by atoms with Crippen LogP contribution in [-0.2, 0) is 28.6 Å². The first-order chi connectivity index (χ1) is 32.2. The summed E-state index contributed by atoms with van der Waals surface area (Å²) in [6.07, 6.45) is 5.43. The summed E-state index contributed by atoms with van der Waals surface area (Å²) in [4.78, 5) is 75.0. The van der Waals surface area contributed by atoms with E-state index in [1.807, 2.05) is 55.4 Å². The molecular formula is C52H65N3O14. The summed E-state index contributed by atoms with van der Waals surface area (Å²) in [5, 5.41) is 37.0. The predicted molar refractivity (Wildman–Crippen MR) is 258 cm³/mol. The fourth-order valence-corrected chi connectivity index (χ4v) is 9.38. The Kier molecular flexibility index (Phi) is 15.0. The zero-order valence-electron chi connectivity index (χ0n) is 41.8. The predicted octanol–water partition coefficient (Wildman–Crippen LogP) is 7.96. The summed E-state index contributed by atoms with van der Waals surface area (Å²) >= 11 is 0. The molecule has 0 saturated carbocycles. The maximum atomic E-state index is 14.8. The van der Waals surface area contributed by atoms with Crippen LogP contribution in [0.5, 0.6) is 23.0 Å². The number of aliphatic hydroxyl groups is 1. The number of aromatic hydroxyl groups is 2. The lowest BCUT2D eigenvalue weighted by molar-refractivity contribution is -0.157. The molecule has 2 aromatic carbocycles. The maximum absolute atomic E-state index is 14.8. The van der Waals surface area contributed by atoms with E-state index in [0.717, 1.165) is 0 Å². The highest BCUT2D eigenvalue weighted by Gasteiger charge is 2.50. The number of phenols is 2. The number of hydrogen-bond donors (Lipinski definition) is 4. The molecule has 0 radical (unpaired) electrons. The molecule has 9 atom stereocenters. The Hall–Kier alpha value is -6.46. The van der Waals surface area contributed by atoms with Crippen LogP contribution in [-0.4, -0.2) is 98.7 Å². The molecule has 2 aromatic rings. The number of methoxy groups -OCH3 is 1. The van der Waals surface area contributed by atoms with Crippen molar-refractivity contribution < 1.29 is 62.6 Å². The second-order valence-electron chi connectivity index (χ2n) is 19.6. The van der Waals surface area contributed by atoms with E-state index < -0.39 is 81.7 Å². The van der Waals surface area contributed by atoms with Gasteiger partial charge < -0.3 is 53.6 Å². The molecule has 2 amide bonds. The molecule has 0 spiro atoms. The normalized spacial score (nSPS) is 27.6. The molecule has 3 heterocycles. The molecule has 4 N–H and O–H groups in total. The summed E-state index contributed by atoms with van der Waals surface area (Å²) in [7, 11) is 1.48. The van der Waals surface area contributed by atoms with Crippen molar-refractivity contribution in [1.82, 2.24) is 9.88 Å². The van der Waals surface area contributed by atoms with Crippen LogP contribution in [0.3, 0.4) is 0 Å². The number of esters is 1. The number of ketones is 1. The van der Waals surface area contributed by atoms with E-state index in [-0.39, 0.29) is 98.3 Å². The van der Waals surface area contributed by atoms with Crippen LogP contribution in [0.4, 0.5) is 5.69 Å². The van der Waals surface area contributed by atoms with Gasteiger partial charge in [-0.15, -0.1) is 0 Å². The number of aromatic nitrogens is 1. The van der Waals surface area contributed by atoms with Crippen molar-refractivity contribution in [3.05, 3.63) is 69.6 Å². The number of nitrogens with zero attached hydrogens (tertiary/aromatic N) is 2. The molecule has 6 rings (SSSR count). The Morgan fingerprint density at radius 3 is 2.26 bits per heavy atom. The number of nitrogens with one attached hydrogen (secondary N) is 1. The molecule has 0 saturated heterocycles. The van der Waals surface area contributed by atoms with Crippen molar-refractivity contribution in [2.24, 2.45) is 29.6 Å². The summed E-state index contributed by atoms with van der Waals surface area (Å²) in [6, 6.07) is 2.72. The van der Waals surface area contributed by atoms with Gasteiger partial charge in [0.2, 0.25) is 11.3 Å². The van der Waals surface area contributed by atoms with Crippen LogP contribution in [0.15, 0.2) is 57.5 Å². The van der Waals surface area contributed by atoms with Gasteiger partial charge in [-0.3, -0.25) is 24.0 Å². The molecule has 17 nitrogen and oxygen atoms in total. The summed E-state index contributed by atoms with van der Waals surface area (Å²) < 4.78 is 36.5. The van der Waals surface area contributed by atoms with Crippen molar-refractivity contribution in [2.45, 2.75) is 120 Å².